The van der Waals surface area contributed by atoms with E-state index in [9.17, 15) is 4.79 Å². The zero-order valence-electron chi connectivity index (χ0n) is 10.5. The van der Waals surface area contributed by atoms with Crippen molar-refractivity contribution in [1.29, 1.82) is 0 Å². The zero-order valence-corrected chi connectivity index (χ0v) is 10.5. The minimum absolute atomic E-state index is 0.0645. The Balaban J connectivity index is 2.35. The lowest BCUT2D eigenvalue weighted by Gasteiger charge is -2.25. The molecule has 0 unspecified atom stereocenters. The molecule has 0 amide bonds. The smallest absolute Gasteiger partial charge is 0.152 e. The molecule has 0 bridgehead atoms. The first-order chi connectivity index (χ1) is 7.79. The van der Waals surface area contributed by atoms with Crippen LogP contribution in [0.25, 0.3) is 0 Å². The molecular weight excluding hydrogens is 200 g/mol. The number of unbranched alkanes of at least 4 members (excludes halogenated alkanes) is 1. The minimum atomic E-state index is 0.0645. The maximum Gasteiger partial charge on any atom is 0.152 e. The summed E-state index contributed by atoms with van der Waals surface area (Å²) in [6.07, 6.45) is 9.01. The predicted octanol–water partition coefficient (Wildman–Crippen LogP) is 1.85. The summed E-state index contributed by atoms with van der Waals surface area (Å²) in [6, 6.07) is 0.0645. The number of nitrogens with two attached hydrogens (primary N) is 1. The summed E-state index contributed by atoms with van der Waals surface area (Å²) in [6.45, 7) is 0.730. The van der Waals surface area contributed by atoms with Crippen molar-refractivity contribution in [1.82, 2.24) is 5.32 Å². The molecule has 0 aliphatic heterocycles. The molecule has 1 aliphatic carbocycles. The van der Waals surface area contributed by atoms with E-state index in [1.54, 1.807) is 0 Å². The van der Waals surface area contributed by atoms with Crippen LogP contribution in [0.1, 0.15) is 51.4 Å². The van der Waals surface area contributed by atoms with Crippen LogP contribution in [-0.4, -0.2) is 25.4 Å². The van der Waals surface area contributed by atoms with Gasteiger partial charge in [0, 0.05) is 5.92 Å². The van der Waals surface area contributed by atoms with Gasteiger partial charge in [-0.15, -0.1) is 0 Å². The van der Waals surface area contributed by atoms with E-state index in [4.69, 9.17) is 5.73 Å². The number of nitrogens with one attached hydrogen (secondary N) is 1. The van der Waals surface area contributed by atoms with Gasteiger partial charge in [-0.05, 0) is 39.3 Å². The van der Waals surface area contributed by atoms with Gasteiger partial charge in [-0.3, -0.25) is 4.79 Å². The Morgan fingerprint density at radius 2 is 2.00 bits per heavy atom. The third-order valence-corrected chi connectivity index (χ3v) is 3.65. The molecule has 3 N–H and O–H groups in total. The number of carbonyl (C=O) groups is 1. The molecule has 0 radical (unpaired) electrons. The number of hydrogen-bond donors (Lipinski definition) is 2. The topological polar surface area (TPSA) is 55.1 Å². The lowest BCUT2D eigenvalue weighted by molar-refractivity contribution is -0.125. The molecule has 3 heteroatoms. The first kappa shape index (κ1) is 13.7. The highest BCUT2D eigenvalue weighted by atomic mass is 16.1. The van der Waals surface area contributed by atoms with E-state index < -0.39 is 0 Å². The molecule has 0 heterocycles. The molecule has 0 aromatic rings. The van der Waals surface area contributed by atoms with Gasteiger partial charge in [0.2, 0.25) is 0 Å². The van der Waals surface area contributed by atoms with E-state index in [1.165, 1.54) is 19.3 Å². The summed E-state index contributed by atoms with van der Waals surface area (Å²) in [5.74, 6) is 0.767. The summed E-state index contributed by atoms with van der Waals surface area (Å²) in [5.41, 5.74) is 5.47. The molecule has 0 saturated heterocycles. The lowest BCUT2D eigenvalue weighted by Crippen LogP contribution is -2.39. The maximum absolute atomic E-state index is 12.2. The lowest BCUT2D eigenvalue weighted by atomic mass is 9.83. The number of likely N-dealkylation sites (N-methyl/N-ethyl adjacent to an activating group) is 1. The van der Waals surface area contributed by atoms with E-state index in [1.807, 2.05) is 7.05 Å². The van der Waals surface area contributed by atoms with Crippen LogP contribution >= 0.6 is 0 Å². The average Bonchev–Trinajstić information content (AvgIpc) is 2.35. The second-order valence-corrected chi connectivity index (χ2v) is 4.86. The summed E-state index contributed by atoms with van der Waals surface area (Å²) in [5, 5.41) is 3.17. The van der Waals surface area contributed by atoms with Gasteiger partial charge in [-0.1, -0.05) is 25.7 Å². The number of Topliss-reactive ketones (excluding diaryl/α,β-unsaturated/α-hetero) is 1. The second kappa shape index (κ2) is 7.80. The van der Waals surface area contributed by atoms with Crippen LogP contribution in [-0.2, 0) is 4.79 Å². The molecular formula is C13H26N2O. The molecule has 0 aromatic carbocycles. The van der Waals surface area contributed by atoms with Crippen molar-refractivity contribution >= 4 is 5.78 Å². The van der Waals surface area contributed by atoms with Crippen molar-refractivity contribution in [3.05, 3.63) is 0 Å². The van der Waals surface area contributed by atoms with Crippen molar-refractivity contribution in [3.63, 3.8) is 0 Å². The highest BCUT2D eigenvalue weighted by molar-refractivity contribution is 5.86. The second-order valence-electron chi connectivity index (χ2n) is 4.86. The summed E-state index contributed by atoms with van der Waals surface area (Å²) < 4.78 is 0. The van der Waals surface area contributed by atoms with E-state index in [2.05, 4.69) is 5.32 Å². The monoisotopic (exact) mass is 226 g/mol. The molecule has 0 spiro atoms. The van der Waals surface area contributed by atoms with Crippen LogP contribution in [0.4, 0.5) is 0 Å². The molecule has 3 nitrogen and oxygen atoms in total. The van der Waals surface area contributed by atoms with Crippen LogP contribution in [0.3, 0.4) is 0 Å². The molecule has 0 aromatic heterocycles. The summed E-state index contributed by atoms with van der Waals surface area (Å²) in [4.78, 5) is 12.2. The van der Waals surface area contributed by atoms with E-state index >= 15 is 0 Å². The third kappa shape index (κ3) is 4.22. The quantitative estimate of drug-likeness (QED) is 0.651. The normalized spacial score (nSPS) is 19.6. The molecule has 1 fully saturated rings. The van der Waals surface area contributed by atoms with Crippen LogP contribution in [0.2, 0.25) is 0 Å². The fraction of sp³-hybridized carbons (Fsp3) is 0.923. The van der Waals surface area contributed by atoms with Gasteiger partial charge in [0.1, 0.15) is 0 Å². The van der Waals surface area contributed by atoms with Crippen LogP contribution in [0.15, 0.2) is 0 Å². The number of carbonyl (C=O) groups excluding carboxylic acids is 1. The molecule has 94 valence electrons. The SMILES string of the molecule is CN[C@@H](CCCCN)C(=O)C1CCCCC1. The number of rotatable bonds is 7. The molecule has 1 saturated carbocycles. The van der Waals surface area contributed by atoms with Crippen molar-refractivity contribution in [2.75, 3.05) is 13.6 Å². The molecule has 16 heavy (non-hydrogen) atoms. The number of ketones is 1. The van der Waals surface area contributed by atoms with Gasteiger partial charge >= 0.3 is 0 Å². The highest BCUT2D eigenvalue weighted by Gasteiger charge is 2.26. The van der Waals surface area contributed by atoms with Crippen LogP contribution < -0.4 is 11.1 Å². The maximum atomic E-state index is 12.2. The molecule has 1 atom stereocenters. The Morgan fingerprint density at radius 3 is 2.56 bits per heavy atom. The van der Waals surface area contributed by atoms with E-state index in [-0.39, 0.29) is 6.04 Å². The van der Waals surface area contributed by atoms with Crippen molar-refractivity contribution < 1.29 is 4.79 Å². The first-order valence-electron chi connectivity index (χ1n) is 6.70. The van der Waals surface area contributed by atoms with E-state index in [0.29, 0.717) is 11.7 Å². The van der Waals surface area contributed by atoms with Crippen molar-refractivity contribution in [2.24, 2.45) is 11.7 Å². The van der Waals surface area contributed by atoms with Gasteiger partial charge in [0.05, 0.1) is 6.04 Å². The van der Waals surface area contributed by atoms with Crippen LogP contribution in [0.5, 0.6) is 0 Å². The summed E-state index contributed by atoms with van der Waals surface area (Å²) >= 11 is 0. The predicted molar refractivity (Wildman–Crippen MR) is 67.3 cm³/mol. The zero-order chi connectivity index (χ0) is 11.8. The van der Waals surface area contributed by atoms with Gasteiger partial charge in [-0.2, -0.15) is 0 Å². The van der Waals surface area contributed by atoms with Gasteiger partial charge in [0.15, 0.2) is 5.78 Å². The van der Waals surface area contributed by atoms with Crippen molar-refractivity contribution in [3.8, 4) is 0 Å². The van der Waals surface area contributed by atoms with E-state index in [0.717, 1.165) is 38.6 Å². The fourth-order valence-electron chi connectivity index (χ4n) is 2.59. The van der Waals surface area contributed by atoms with Gasteiger partial charge in [0.25, 0.3) is 0 Å². The standard InChI is InChI=1S/C13H26N2O/c1-15-12(9-5-6-10-14)13(16)11-7-3-2-4-8-11/h11-12,15H,2-10,14H2,1H3/t12-/m0/s1. The number of hydrogen-bond acceptors (Lipinski definition) is 3. The largest absolute Gasteiger partial charge is 0.330 e. The Bertz CT molecular complexity index is 200. The Kier molecular flexibility index (Phi) is 6.65. The summed E-state index contributed by atoms with van der Waals surface area (Å²) in [7, 11) is 1.90. The average molecular weight is 226 g/mol. The Hall–Kier alpha value is -0.410. The van der Waals surface area contributed by atoms with Crippen molar-refractivity contribution in [2.45, 2.75) is 57.4 Å². The highest BCUT2D eigenvalue weighted by Crippen LogP contribution is 2.26. The fourth-order valence-corrected chi connectivity index (χ4v) is 2.59. The Labute approximate surface area is 99.2 Å². The minimum Gasteiger partial charge on any atom is -0.330 e. The van der Waals surface area contributed by atoms with Gasteiger partial charge < -0.3 is 11.1 Å². The Morgan fingerprint density at radius 1 is 1.31 bits per heavy atom. The molecule has 1 aliphatic rings. The first-order valence-corrected chi connectivity index (χ1v) is 6.70. The molecule has 1 rings (SSSR count). The van der Waals surface area contributed by atoms with Gasteiger partial charge in [-0.25, -0.2) is 0 Å². The van der Waals surface area contributed by atoms with Crippen LogP contribution in [0, 0.1) is 5.92 Å². The third-order valence-electron chi connectivity index (χ3n) is 3.65.